The van der Waals surface area contributed by atoms with Crippen LogP contribution in [0.15, 0.2) is 24.3 Å². The normalized spacial score (nSPS) is 20.6. The number of benzene rings is 1. The number of carbonyl (C=O) groups is 3. The molecule has 1 aliphatic heterocycles. The predicted molar refractivity (Wildman–Crippen MR) is 84.6 cm³/mol. The average Bonchev–Trinajstić information content (AvgIpc) is 2.72. The van der Waals surface area contributed by atoms with Gasteiger partial charge in [-0.05, 0) is 25.8 Å². The fourth-order valence-corrected chi connectivity index (χ4v) is 2.43. The van der Waals surface area contributed by atoms with Crippen molar-refractivity contribution >= 4 is 17.9 Å². The molecule has 1 N–H and O–H groups in total. The second-order valence-electron chi connectivity index (χ2n) is 5.89. The van der Waals surface area contributed by atoms with Gasteiger partial charge in [-0.15, -0.1) is 0 Å². The Labute approximate surface area is 135 Å². The molecule has 1 atom stereocenters. The van der Waals surface area contributed by atoms with E-state index < -0.39 is 23.4 Å². The molecular weight excluding hydrogens is 296 g/mol. The molecule has 0 radical (unpaired) electrons. The Bertz CT molecular complexity index is 612. The molecule has 6 heteroatoms. The topological polar surface area (TPSA) is 75.7 Å². The van der Waals surface area contributed by atoms with Crippen LogP contribution >= 0.6 is 0 Å². The Morgan fingerprint density at radius 3 is 2.52 bits per heavy atom. The maximum Gasteiger partial charge on any atom is 0.326 e. The summed E-state index contributed by atoms with van der Waals surface area (Å²) in [5.41, 5.74) is 0.586. The van der Waals surface area contributed by atoms with Gasteiger partial charge in [0.1, 0.15) is 12.1 Å². The number of nitrogens with one attached hydrogen (secondary N) is 1. The van der Waals surface area contributed by atoms with Crippen LogP contribution in [-0.2, 0) is 19.9 Å². The third-order valence-corrected chi connectivity index (χ3v) is 3.95. The second-order valence-corrected chi connectivity index (χ2v) is 5.89. The zero-order valence-corrected chi connectivity index (χ0v) is 13.7. The Hall–Kier alpha value is -2.37. The summed E-state index contributed by atoms with van der Waals surface area (Å²) in [5, 5.41) is 2.67. The van der Waals surface area contributed by atoms with E-state index in [0.717, 1.165) is 23.3 Å². The van der Waals surface area contributed by atoms with E-state index in [4.69, 9.17) is 4.74 Å². The van der Waals surface area contributed by atoms with Crippen molar-refractivity contribution < 1.29 is 19.1 Å². The molecule has 2 rings (SSSR count). The van der Waals surface area contributed by atoms with Gasteiger partial charge < -0.3 is 10.1 Å². The summed E-state index contributed by atoms with van der Waals surface area (Å²) in [4.78, 5) is 37.4. The van der Waals surface area contributed by atoms with Gasteiger partial charge in [0, 0.05) is 0 Å². The van der Waals surface area contributed by atoms with Crippen LogP contribution in [0.2, 0.25) is 0 Å². The third-order valence-electron chi connectivity index (χ3n) is 3.95. The van der Waals surface area contributed by atoms with Gasteiger partial charge in [0.15, 0.2) is 0 Å². The lowest BCUT2D eigenvalue weighted by Crippen LogP contribution is -2.41. The van der Waals surface area contributed by atoms with Crippen LogP contribution in [0.1, 0.15) is 37.8 Å². The van der Waals surface area contributed by atoms with E-state index in [1.165, 1.54) is 0 Å². The van der Waals surface area contributed by atoms with Gasteiger partial charge in [-0.1, -0.05) is 43.2 Å². The Morgan fingerprint density at radius 1 is 1.26 bits per heavy atom. The first-order valence-electron chi connectivity index (χ1n) is 7.75. The van der Waals surface area contributed by atoms with Crippen LogP contribution in [0.4, 0.5) is 4.79 Å². The quantitative estimate of drug-likeness (QED) is 0.495. The van der Waals surface area contributed by atoms with E-state index >= 15 is 0 Å². The number of hydrogen-bond donors (Lipinski definition) is 1. The van der Waals surface area contributed by atoms with Gasteiger partial charge in [0.25, 0.3) is 5.91 Å². The number of imide groups is 1. The van der Waals surface area contributed by atoms with E-state index in [9.17, 15) is 14.4 Å². The maximum absolute atomic E-state index is 12.6. The smallest absolute Gasteiger partial charge is 0.326 e. The number of hydrogen-bond acceptors (Lipinski definition) is 4. The van der Waals surface area contributed by atoms with E-state index in [2.05, 4.69) is 5.32 Å². The molecular formula is C17H22N2O4. The number of unbranched alkanes of at least 4 members (excludes halogenated alkanes) is 1. The van der Waals surface area contributed by atoms with Gasteiger partial charge in [-0.25, -0.2) is 4.79 Å². The van der Waals surface area contributed by atoms with Crippen molar-refractivity contribution in [3.63, 3.8) is 0 Å². The highest BCUT2D eigenvalue weighted by Gasteiger charge is 2.49. The van der Waals surface area contributed by atoms with E-state index in [0.29, 0.717) is 12.2 Å². The van der Waals surface area contributed by atoms with Gasteiger partial charge in [-0.3, -0.25) is 14.5 Å². The number of carbonyl (C=O) groups excluding carboxylic acids is 3. The van der Waals surface area contributed by atoms with Crippen molar-refractivity contribution in [3.8, 4) is 0 Å². The minimum Gasteiger partial charge on any atom is -0.464 e. The molecule has 23 heavy (non-hydrogen) atoms. The van der Waals surface area contributed by atoms with Crippen molar-refractivity contribution in [1.29, 1.82) is 0 Å². The van der Waals surface area contributed by atoms with E-state index in [1.807, 2.05) is 26.0 Å². The Balaban J connectivity index is 2.10. The van der Waals surface area contributed by atoms with Gasteiger partial charge in [0.2, 0.25) is 0 Å². The number of nitrogens with zero attached hydrogens (tertiary/aromatic N) is 1. The first-order valence-corrected chi connectivity index (χ1v) is 7.75. The SMILES string of the molecule is CCCCOC(=O)CN1C(=O)NC(C)(c2ccc(C)cc2)C1=O. The molecule has 0 aliphatic carbocycles. The summed E-state index contributed by atoms with van der Waals surface area (Å²) in [6.45, 7) is 5.50. The molecule has 0 saturated carbocycles. The molecule has 1 saturated heterocycles. The number of amides is 3. The zero-order valence-electron chi connectivity index (χ0n) is 13.7. The largest absolute Gasteiger partial charge is 0.464 e. The van der Waals surface area contributed by atoms with Gasteiger partial charge >= 0.3 is 12.0 Å². The molecule has 0 aromatic heterocycles. The summed E-state index contributed by atoms with van der Waals surface area (Å²) >= 11 is 0. The van der Waals surface area contributed by atoms with Crippen molar-refractivity contribution in [2.75, 3.05) is 13.2 Å². The Kier molecular flexibility index (Phi) is 5.03. The molecule has 0 bridgehead atoms. The third kappa shape index (κ3) is 3.52. The first kappa shape index (κ1) is 17.0. The number of rotatable bonds is 6. The monoisotopic (exact) mass is 318 g/mol. The molecule has 1 aliphatic rings. The highest BCUT2D eigenvalue weighted by atomic mass is 16.5. The summed E-state index contributed by atoms with van der Waals surface area (Å²) in [7, 11) is 0. The number of urea groups is 1. The fraction of sp³-hybridized carbons (Fsp3) is 0.471. The molecule has 1 unspecified atom stereocenters. The van der Waals surface area contributed by atoms with Crippen LogP contribution in [0.5, 0.6) is 0 Å². The highest BCUT2D eigenvalue weighted by molar-refractivity contribution is 6.08. The number of esters is 1. The Morgan fingerprint density at radius 2 is 1.91 bits per heavy atom. The standard InChI is InChI=1S/C17H22N2O4/c1-4-5-10-23-14(20)11-19-15(21)17(3,18-16(19)22)13-8-6-12(2)7-9-13/h6-9H,4-5,10-11H2,1-3H3,(H,18,22). The lowest BCUT2D eigenvalue weighted by atomic mass is 9.91. The maximum atomic E-state index is 12.6. The molecule has 3 amide bonds. The lowest BCUT2D eigenvalue weighted by Gasteiger charge is -2.22. The summed E-state index contributed by atoms with van der Waals surface area (Å²) in [6, 6.07) is 6.78. The van der Waals surface area contributed by atoms with Crippen LogP contribution in [0.25, 0.3) is 0 Å². The minimum atomic E-state index is -1.16. The molecule has 0 spiro atoms. The fourth-order valence-electron chi connectivity index (χ4n) is 2.43. The zero-order chi connectivity index (χ0) is 17.0. The molecule has 6 nitrogen and oxygen atoms in total. The molecule has 1 aromatic rings. The number of ether oxygens (including phenoxy) is 1. The number of aryl methyl sites for hydroxylation is 1. The van der Waals surface area contributed by atoms with Crippen LogP contribution in [0, 0.1) is 6.92 Å². The van der Waals surface area contributed by atoms with Crippen molar-refractivity contribution in [2.24, 2.45) is 0 Å². The van der Waals surface area contributed by atoms with Crippen molar-refractivity contribution in [2.45, 2.75) is 39.2 Å². The first-order chi connectivity index (χ1) is 10.9. The lowest BCUT2D eigenvalue weighted by molar-refractivity contribution is -0.147. The molecule has 1 fully saturated rings. The van der Waals surface area contributed by atoms with E-state index in [-0.39, 0.29) is 6.54 Å². The second kappa shape index (κ2) is 6.81. The summed E-state index contributed by atoms with van der Waals surface area (Å²) in [6.07, 6.45) is 1.66. The summed E-state index contributed by atoms with van der Waals surface area (Å²) in [5.74, 6) is -1.02. The molecule has 1 heterocycles. The minimum absolute atomic E-state index is 0.300. The van der Waals surface area contributed by atoms with Crippen molar-refractivity contribution in [1.82, 2.24) is 10.2 Å². The van der Waals surface area contributed by atoms with Crippen molar-refractivity contribution in [3.05, 3.63) is 35.4 Å². The van der Waals surface area contributed by atoms with Crippen LogP contribution in [-0.4, -0.2) is 36.0 Å². The van der Waals surface area contributed by atoms with Crippen LogP contribution < -0.4 is 5.32 Å². The highest BCUT2D eigenvalue weighted by Crippen LogP contribution is 2.28. The van der Waals surface area contributed by atoms with E-state index in [1.54, 1.807) is 19.1 Å². The van der Waals surface area contributed by atoms with Gasteiger partial charge in [0.05, 0.1) is 6.61 Å². The predicted octanol–water partition coefficient (Wildman–Crippen LogP) is 2.11. The molecule has 124 valence electrons. The van der Waals surface area contributed by atoms with Crippen LogP contribution in [0.3, 0.4) is 0 Å². The summed E-state index contributed by atoms with van der Waals surface area (Å²) < 4.78 is 5.02. The molecule has 1 aromatic carbocycles. The average molecular weight is 318 g/mol. The van der Waals surface area contributed by atoms with Gasteiger partial charge in [-0.2, -0.15) is 0 Å².